The van der Waals surface area contributed by atoms with Crippen molar-refractivity contribution in [2.45, 2.75) is 225 Å². The Balaban J connectivity index is 4.31. The van der Waals surface area contributed by atoms with Crippen LogP contribution in [0.25, 0.3) is 0 Å². The minimum absolute atomic E-state index is 0.0444. The quantitative estimate of drug-likeness (QED) is 0.0243. The van der Waals surface area contributed by atoms with Crippen molar-refractivity contribution in [3.63, 3.8) is 0 Å². The van der Waals surface area contributed by atoms with Crippen molar-refractivity contribution >= 4 is 13.7 Å². The van der Waals surface area contributed by atoms with Gasteiger partial charge in [0.05, 0.1) is 39.9 Å². The standard InChI is InChI=1S/C54H99N2O6P/c1-6-8-10-12-14-16-18-20-21-22-23-24-25-26-27-28-29-30-31-32-33-34-36-37-39-41-43-45-47-53(57)52(51-62-63(59,60)61-50-49-56(3,4)5)55-54(58)48-46-44-42-40-38-35-19-17-15-13-11-9-7-2/h9,11,15,17,32-33,35,37-39,45,47,52-53,57H,6-8,10,12-14,16,18-31,34,36,40-44,46,48-51H2,1-5H3,(H-,55,58,59,60)/p+1/b11-9-,17-15-,33-32+,38-35-,39-37+,47-45+. The molecule has 0 aromatic carbocycles. The second-order valence-corrected chi connectivity index (χ2v) is 19.9. The molecule has 0 saturated heterocycles. The number of hydrogen-bond acceptors (Lipinski definition) is 5. The molecule has 0 rings (SSSR count). The molecule has 3 N–H and O–H groups in total. The fourth-order valence-electron chi connectivity index (χ4n) is 7.09. The molecule has 0 aromatic rings. The van der Waals surface area contributed by atoms with Crippen LogP contribution in [0, 0.1) is 0 Å². The van der Waals surface area contributed by atoms with Gasteiger partial charge in [0.1, 0.15) is 13.2 Å². The number of aliphatic hydroxyl groups excluding tert-OH is 1. The summed E-state index contributed by atoms with van der Waals surface area (Å²) in [6, 6.07) is -0.888. The van der Waals surface area contributed by atoms with E-state index in [1.807, 2.05) is 27.2 Å². The van der Waals surface area contributed by atoms with Crippen LogP contribution in [-0.2, 0) is 18.4 Å². The summed E-state index contributed by atoms with van der Waals surface area (Å²) < 4.78 is 23.6. The average Bonchev–Trinajstić information content (AvgIpc) is 3.24. The van der Waals surface area contributed by atoms with Crippen LogP contribution in [0.4, 0.5) is 0 Å². The van der Waals surface area contributed by atoms with Gasteiger partial charge in [0.2, 0.25) is 5.91 Å². The number of likely N-dealkylation sites (N-methyl/N-ethyl adjacent to an activating group) is 1. The summed E-state index contributed by atoms with van der Waals surface area (Å²) in [6.45, 7) is 4.64. The van der Waals surface area contributed by atoms with Crippen LogP contribution in [0.1, 0.15) is 213 Å². The third kappa shape index (κ3) is 47.7. The zero-order valence-corrected chi connectivity index (χ0v) is 42.4. The summed E-state index contributed by atoms with van der Waals surface area (Å²) in [5, 5.41) is 13.8. The first kappa shape index (κ1) is 60.9. The highest BCUT2D eigenvalue weighted by molar-refractivity contribution is 7.47. The number of aliphatic hydroxyl groups is 1. The van der Waals surface area contributed by atoms with E-state index in [0.29, 0.717) is 17.4 Å². The third-order valence-electron chi connectivity index (χ3n) is 11.1. The van der Waals surface area contributed by atoms with Crippen molar-refractivity contribution in [2.75, 3.05) is 40.9 Å². The maximum absolute atomic E-state index is 12.9. The number of carbonyl (C=O) groups is 1. The predicted molar refractivity (Wildman–Crippen MR) is 272 cm³/mol. The fraction of sp³-hybridized carbons (Fsp3) is 0.759. The van der Waals surface area contributed by atoms with E-state index in [9.17, 15) is 19.4 Å². The third-order valence-corrected chi connectivity index (χ3v) is 12.1. The SMILES string of the molecule is CC/C=C\C/C=C\C/C=C\CCCCCC(=O)NC(COP(=O)(O)OCC[N+](C)(C)C)C(O)/C=C/CC/C=C/CC/C=C/CCCCCCCCCCCCCCCCCCCC. The number of phosphoric acid groups is 1. The summed E-state index contributed by atoms with van der Waals surface area (Å²) in [5.74, 6) is -0.222. The Kier molecular flexibility index (Phi) is 43.6. The number of amides is 1. The van der Waals surface area contributed by atoms with E-state index in [4.69, 9.17) is 9.05 Å². The van der Waals surface area contributed by atoms with Crippen LogP contribution < -0.4 is 5.32 Å². The van der Waals surface area contributed by atoms with Gasteiger partial charge in [0.15, 0.2) is 0 Å². The lowest BCUT2D eigenvalue weighted by atomic mass is 10.0. The first-order valence-corrected chi connectivity index (χ1v) is 27.3. The summed E-state index contributed by atoms with van der Waals surface area (Å²) >= 11 is 0. The van der Waals surface area contributed by atoms with Crippen LogP contribution >= 0.6 is 7.82 Å². The number of nitrogens with zero attached hydrogens (tertiary/aromatic N) is 1. The minimum Gasteiger partial charge on any atom is -0.387 e. The Bertz CT molecular complexity index is 1250. The van der Waals surface area contributed by atoms with Gasteiger partial charge in [-0.25, -0.2) is 4.57 Å². The number of rotatable bonds is 46. The van der Waals surface area contributed by atoms with Crippen LogP contribution in [0.5, 0.6) is 0 Å². The molecule has 3 atom stereocenters. The van der Waals surface area contributed by atoms with Crippen molar-refractivity contribution in [1.29, 1.82) is 0 Å². The monoisotopic (exact) mass is 904 g/mol. The van der Waals surface area contributed by atoms with Gasteiger partial charge < -0.3 is 19.8 Å². The van der Waals surface area contributed by atoms with Crippen LogP contribution in [0.2, 0.25) is 0 Å². The fourth-order valence-corrected chi connectivity index (χ4v) is 7.82. The molecule has 63 heavy (non-hydrogen) atoms. The average molecular weight is 904 g/mol. The summed E-state index contributed by atoms with van der Waals surface area (Å²) in [6.07, 6.45) is 61.6. The van der Waals surface area contributed by atoms with Crippen LogP contribution in [-0.4, -0.2) is 73.4 Å². The molecular weight excluding hydrogens is 804 g/mol. The maximum Gasteiger partial charge on any atom is 0.472 e. The smallest absolute Gasteiger partial charge is 0.387 e. The molecule has 0 fully saturated rings. The van der Waals surface area contributed by atoms with E-state index < -0.39 is 20.0 Å². The Hall–Kier alpha value is -2.06. The van der Waals surface area contributed by atoms with Crippen molar-refractivity contribution in [3.8, 4) is 0 Å². The molecule has 0 aliphatic rings. The van der Waals surface area contributed by atoms with E-state index in [2.05, 4.69) is 79.9 Å². The predicted octanol–water partition coefficient (Wildman–Crippen LogP) is 15.1. The molecule has 9 heteroatoms. The molecule has 0 aliphatic heterocycles. The molecule has 0 saturated carbocycles. The van der Waals surface area contributed by atoms with E-state index in [1.165, 1.54) is 122 Å². The molecule has 1 amide bonds. The van der Waals surface area contributed by atoms with Gasteiger partial charge >= 0.3 is 7.82 Å². The lowest BCUT2D eigenvalue weighted by molar-refractivity contribution is -0.870. The molecule has 366 valence electrons. The zero-order valence-electron chi connectivity index (χ0n) is 41.5. The van der Waals surface area contributed by atoms with Crippen molar-refractivity contribution in [3.05, 3.63) is 72.9 Å². The topological polar surface area (TPSA) is 105 Å². The lowest BCUT2D eigenvalue weighted by Gasteiger charge is -2.25. The Morgan fingerprint density at radius 3 is 1.46 bits per heavy atom. The molecule has 0 radical (unpaired) electrons. The normalized spacial score (nSPS) is 14.7. The van der Waals surface area contributed by atoms with Gasteiger partial charge in [-0.2, -0.15) is 0 Å². The van der Waals surface area contributed by atoms with Gasteiger partial charge in [-0.15, -0.1) is 0 Å². The molecule has 0 aromatic heterocycles. The number of phosphoric ester groups is 1. The van der Waals surface area contributed by atoms with E-state index in [0.717, 1.165) is 70.6 Å². The van der Waals surface area contributed by atoms with Gasteiger partial charge in [-0.05, 0) is 77.0 Å². The van der Waals surface area contributed by atoms with Crippen LogP contribution in [0.3, 0.4) is 0 Å². The molecule has 0 spiro atoms. The molecule has 0 aliphatic carbocycles. The zero-order chi connectivity index (χ0) is 46.4. The Morgan fingerprint density at radius 2 is 0.968 bits per heavy atom. The molecule has 0 heterocycles. The Morgan fingerprint density at radius 1 is 0.556 bits per heavy atom. The molecular formula is C54H100N2O6P+. The van der Waals surface area contributed by atoms with Crippen molar-refractivity contribution in [1.82, 2.24) is 5.32 Å². The van der Waals surface area contributed by atoms with Gasteiger partial charge in [0.25, 0.3) is 0 Å². The highest BCUT2D eigenvalue weighted by atomic mass is 31.2. The number of quaternary nitrogens is 1. The number of unbranched alkanes of at least 4 members (excludes halogenated alkanes) is 23. The van der Waals surface area contributed by atoms with Crippen LogP contribution in [0.15, 0.2) is 72.9 Å². The van der Waals surface area contributed by atoms with Crippen molar-refractivity contribution < 1.29 is 32.9 Å². The number of carbonyl (C=O) groups excluding carboxylic acids is 1. The minimum atomic E-state index is -4.36. The summed E-state index contributed by atoms with van der Waals surface area (Å²) in [4.78, 5) is 23.1. The lowest BCUT2D eigenvalue weighted by Crippen LogP contribution is -2.45. The highest BCUT2D eigenvalue weighted by Crippen LogP contribution is 2.43. The van der Waals surface area contributed by atoms with E-state index >= 15 is 0 Å². The van der Waals surface area contributed by atoms with Gasteiger partial charge in [-0.1, -0.05) is 202 Å². The summed E-state index contributed by atoms with van der Waals surface area (Å²) in [7, 11) is 1.52. The van der Waals surface area contributed by atoms with Crippen molar-refractivity contribution in [2.24, 2.45) is 0 Å². The second kappa shape index (κ2) is 45.1. The van der Waals surface area contributed by atoms with E-state index in [1.54, 1.807) is 6.08 Å². The summed E-state index contributed by atoms with van der Waals surface area (Å²) in [5.41, 5.74) is 0. The Labute approximate surface area is 389 Å². The largest absolute Gasteiger partial charge is 0.472 e. The first-order valence-electron chi connectivity index (χ1n) is 25.8. The van der Waals surface area contributed by atoms with Gasteiger partial charge in [-0.3, -0.25) is 13.8 Å². The number of allylic oxidation sites excluding steroid dienone is 11. The molecule has 8 nitrogen and oxygen atoms in total. The maximum atomic E-state index is 12.9. The second-order valence-electron chi connectivity index (χ2n) is 18.5. The molecule has 3 unspecified atom stereocenters. The number of hydrogen-bond donors (Lipinski definition) is 3. The highest BCUT2D eigenvalue weighted by Gasteiger charge is 2.27. The first-order chi connectivity index (χ1) is 30.5. The van der Waals surface area contributed by atoms with E-state index in [-0.39, 0.29) is 19.1 Å². The van der Waals surface area contributed by atoms with Gasteiger partial charge in [0, 0.05) is 6.42 Å². The number of nitrogens with one attached hydrogen (secondary N) is 1. The molecule has 0 bridgehead atoms.